The Morgan fingerprint density at radius 1 is 0.708 bits per heavy atom. The lowest BCUT2D eigenvalue weighted by Crippen LogP contribution is -1.95. The molecule has 3 aromatic carbocycles. The van der Waals surface area contributed by atoms with Crippen molar-refractivity contribution in [3.8, 4) is 17.5 Å². The second-order valence-electron chi connectivity index (χ2n) is 5.88. The molecule has 0 unspecified atom stereocenters. The minimum absolute atomic E-state index is 1.03. The zero-order chi connectivity index (χ0) is 16.4. The number of nitrogens with zero attached hydrogens (tertiary/aromatic N) is 1. The average Bonchev–Trinajstić information content (AvgIpc) is 3.05. The van der Waals surface area contributed by atoms with E-state index in [0.29, 0.717) is 0 Å². The van der Waals surface area contributed by atoms with Crippen LogP contribution in [0.1, 0.15) is 16.7 Å². The smallest absolute Gasteiger partial charge is 0.0612 e. The van der Waals surface area contributed by atoms with Crippen molar-refractivity contribution in [3.63, 3.8) is 0 Å². The Kier molecular flexibility index (Phi) is 3.65. The van der Waals surface area contributed by atoms with Crippen molar-refractivity contribution in [3.05, 3.63) is 102 Å². The number of fused-ring (bicyclic) bond motifs is 1. The topological polar surface area (TPSA) is 4.93 Å². The maximum absolute atomic E-state index is 3.33. The Morgan fingerprint density at radius 2 is 1.46 bits per heavy atom. The highest BCUT2D eigenvalue weighted by atomic mass is 15.0. The van der Waals surface area contributed by atoms with E-state index in [1.165, 1.54) is 16.5 Å². The lowest BCUT2D eigenvalue weighted by molar-refractivity contribution is 1.12. The van der Waals surface area contributed by atoms with Crippen molar-refractivity contribution in [1.82, 2.24) is 4.57 Å². The number of hydrogen-bond acceptors (Lipinski definition) is 0. The lowest BCUT2D eigenvalue weighted by atomic mass is 10.1. The van der Waals surface area contributed by atoms with E-state index < -0.39 is 0 Å². The van der Waals surface area contributed by atoms with Crippen LogP contribution in [-0.2, 0) is 0 Å². The maximum Gasteiger partial charge on any atom is 0.0612 e. The Balaban J connectivity index is 1.80. The Bertz CT molecular complexity index is 1060. The SMILES string of the molecule is Cc1ccc(C#Cc2ccccc2-n2ccc3ccccc32)cc1. The van der Waals surface area contributed by atoms with Gasteiger partial charge in [0.15, 0.2) is 0 Å². The van der Waals surface area contributed by atoms with Crippen LogP contribution in [0.5, 0.6) is 0 Å². The molecular weight excluding hydrogens is 290 g/mol. The summed E-state index contributed by atoms with van der Waals surface area (Å²) in [6.07, 6.45) is 2.11. The van der Waals surface area contributed by atoms with Crippen LogP contribution in [0.15, 0.2) is 85.1 Å². The Labute approximate surface area is 142 Å². The molecule has 1 heterocycles. The van der Waals surface area contributed by atoms with Gasteiger partial charge in [-0.2, -0.15) is 0 Å². The molecule has 0 saturated heterocycles. The number of aromatic nitrogens is 1. The van der Waals surface area contributed by atoms with E-state index in [4.69, 9.17) is 0 Å². The predicted molar refractivity (Wildman–Crippen MR) is 100 cm³/mol. The third-order valence-electron chi connectivity index (χ3n) is 4.16. The number of benzene rings is 3. The summed E-state index contributed by atoms with van der Waals surface area (Å²) in [7, 11) is 0. The molecule has 0 N–H and O–H groups in total. The van der Waals surface area contributed by atoms with Crippen molar-refractivity contribution < 1.29 is 0 Å². The van der Waals surface area contributed by atoms with Gasteiger partial charge in [0.2, 0.25) is 0 Å². The van der Waals surface area contributed by atoms with E-state index in [0.717, 1.165) is 16.8 Å². The highest BCUT2D eigenvalue weighted by molar-refractivity contribution is 5.82. The van der Waals surface area contributed by atoms with Crippen LogP contribution in [0.4, 0.5) is 0 Å². The predicted octanol–water partition coefficient (Wildman–Crippen LogP) is 5.34. The van der Waals surface area contributed by atoms with E-state index >= 15 is 0 Å². The minimum Gasteiger partial charge on any atom is -0.315 e. The van der Waals surface area contributed by atoms with E-state index in [1.54, 1.807) is 0 Å². The average molecular weight is 307 g/mol. The van der Waals surface area contributed by atoms with Crippen molar-refractivity contribution in [2.24, 2.45) is 0 Å². The van der Waals surface area contributed by atoms with Gasteiger partial charge in [-0.25, -0.2) is 0 Å². The largest absolute Gasteiger partial charge is 0.315 e. The molecule has 0 bridgehead atoms. The first-order chi connectivity index (χ1) is 11.8. The number of aryl methyl sites for hydroxylation is 1. The quantitative estimate of drug-likeness (QED) is 0.418. The summed E-state index contributed by atoms with van der Waals surface area (Å²) < 4.78 is 2.20. The molecule has 0 aliphatic carbocycles. The molecule has 0 radical (unpaired) electrons. The van der Waals surface area contributed by atoms with Crippen LogP contribution in [-0.4, -0.2) is 4.57 Å². The van der Waals surface area contributed by atoms with Crippen LogP contribution < -0.4 is 0 Å². The highest BCUT2D eigenvalue weighted by Gasteiger charge is 2.05. The summed E-state index contributed by atoms with van der Waals surface area (Å²) in [5.74, 6) is 6.61. The highest BCUT2D eigenvalue weighted by Crippen LogP contribution is 2.22. The van der Waals surface area contributed by atoms with Gasteiger partial charge in [0.25, 0.3) is 0 Å². The summed E-state index contributed by atoms with van der Waals surface area (Å²) in [5, 5.41) is 1.23. The van der Waals surface area contributed by atoms with Crippen molar-refractivity contribution >= 4 is 10.9 Å². The summed E-state index contributed by atoms with van der Waals surface area (Å²) in [5.41, 5.74) is 5.62. The second kappa shape index (κ2) is 6.10. The number of para-hydroxylation sites is 2. The molecule has 114 valence electrons. The standard InChI is InChI=1S/C23H17N/c1-18-10-12-19(13-11-18)14-15-20-6-2-4-8-22(20)24-17-16-21-7-3-5-9-23(21)24/h2-13,16-17H,1H3. The van der Waals surface area contributed by atoms with Crippen LogP contribution in [0.3, 0.4) is 0 Å². The second-order valence-corrected chi connectivity index (χ2v) is 5.88. The Morgan fingerprint density at radius 3 is 2.33 bits per heavy atom. The van der Waals surface area contributed by atoms with Crippen LogP contribution >= 0.6 is 0 Å². The third-order valence-corrected chi connectivity index (χ3v) is 4.16. The van der Waals surface area contributed by atoms with Crippen LogP contribution in [0.2, 0.25) is 0 Å². The summed E-state index contributed by atoms with van der Waals surface area (Å²) in [4.78, 5) is 0. The molecule has 0 saturated carbocycles. The molecule has 0 amide bonds. The van der Waals surface area contributed by atoms with Gasteiger partial charge >= 0.3 is 0 Å². The molecule has 0 aliphatic heterocycles. The zero-order valence-corrected chi connectivity index (χ0v) is 13.5. The van der Waals surface area contributed by atoms with Gasteiger partial charge in [-0.1, -0.05) is 59.9 Å². The first-order valence-corrected chi connectivity index (χ1v) is 8.05. The van der Waals surface area contributed by atoms with Gasteiger partial charge in [0.1, 0.15) is 0 Å². The van der Waals surface area contributed by atoms with Gasteiger partial charge in [-0.15, -0.1) is 0 Å². The fourth-order valence-corrected chi connectivity index (χ4v) is 2.86. The lowest BCUT2D eigenvalue weighted by Gasteiger charge is -2.08. The molecule has 4 aromatic rings. The van der Waals surface area contributed by atoms with Crippen molar-refractivity contribution in [1.29, 1.82) is 0 Å². The first kappa shape index (κ1) is 14.4. The summed E-state index contributed by atoms with van der Waals surface area (Å²) >= 11 is 0. The van der Waals surface area contributed by atoms with E-state index in [-0.39, 0.29) is 0 Å². The molecule has 1 nitrogen and oxygen atoms in total. The molecule has 4 rings (SSSR count). The van der Waals surface area contributed by atoms with Gasteiger partial charge in [0, 0.05) is 17.3 Å². The fourth-order valence-electron chi connectivity index (χ4n) is 2.86. The molecule has 0 spiro atoms. The van der Waals surface area contributed by atoms with Crippen molar-refractivity contribution in [2.45, 2.75) is 6.92 Å². The van der Waals surface area contributed by atoms with Gasteiger partial charge in [-0.05, 0) is 48.7 Å². The monoisotopic (exact) mass is 307 g/mol. The molecular formula is C23H17N. The summed E-state index contributed by atoms with van der Waals surface area (Å²) in [6, 6.07) is 27.1. The zero-order valence-electron chi connectivity index (χ0n) is 13.5. The van der Waals surface area contributed by atoms with Crippen molar-refractivity contribution in [2.75, 3.05) is 0 Å². The molecule has 0 fully saturated rings. The molecule has 0 atom stereocenters. The maximum atomic E-state index is 3.33. The Hall–Kier alpha value is -3.24. The third kappa shape index (κ3) is 2.71. The molecule has 0 aliphatic rings. The molecule has 1 aromatic heterocycles. The van der Waals surface area contributed by atoms with Crippen LogP contribution in [0, 0.1) is 18.8 Å². The van der Waals surface area contributed by atoms with Crippen LogP contribution in [0.25, 0.3) is 16.6 Å². The minimum atomic E-state index is 1.03. The number of hydrogen-bond donors (Lipinski definition) is 0. The fraction of sp³-hybridized carbons (Fsp3) is 0.0435. The van der Waals surface area contributed by atoms with E-state index in [9.17, 15) is 0 Å². The molecule has 24 heavy (non-hydrogen) atoms. The van der Waals surface area contributed by atoms with Gasteiger partial charge in [-0.3, -0.25) is 0 Å². The normalized spacial score (nSPS) is 10.4. The first-order valence-electron chi connectivity index (χ1n) is 8.05. The van der Waals surface area contributed by atoms with Gasteiger partial charge in [0.05, 0.1) is 11.2 Å². The van der Waals surface area contributed by atoms with E-state index in [1.807, 2.05) is 6.07 Å². The summed E-state index contributed by atoms with van der Waals surface area (Å²) in [6.45, 7) is 2.09. The van der Waals surface area contributed by atoms with Gasteiger partial charge < -0.3 is 4.57 Å². The molecule has 1 heteroatoms. The van der Waals surface area contributed by atoms with E-state index in [2.05, 4.69) is 102 Å². The number of rotatable bonds is 1.